The van der Waals surface area contributed by atoms with Gasteiger partial charge >= 0.3 is 18.4 Å². The van der Waals surface area contributed by atoms with Crippen molar-refractivity contribution in [2.75, 3.05) is 18.0 Å². The highest BCUT2D eigenvalue weighted by molar-refractivity contribution is 5.96. The lowest BCUT2D eigenvalue weighted by molar-refractivity contribution is -0.137. The number of hydrogen-bond donors (Lipinski definition) is 1. The summed E-state index contributed by atoms with van der Waals surface area (Å²) in [6.07, 6.45) is -1.35. The summed E-state index contributed by atoms with van der Waals surface area (Å²) in [4.78, 5) is 32.3. The number of aromatic nitrogens is 3. The molecule has 226 valence electrons. The van der Waals surface area contributed by atoms with Crippen molar-refractivity contribution in [3.63, 3.8) is 0 Å². The van der Waals surface area contributed by atoms with Crippen molar-refractivity contribution in [1.82, 2.24) is 19.5 Å². The van der Waals surface area contributed by atoms with Gasteiger partial charge in [0.15, 0.2) is 11.5 Å². The molecule has 10 nitrogen and oxygen atoms in total. The second-order valence-corrected chi connectivity index (χ2v) is 11.9. The molecule has 2 aliphatic rings. The van der Waals surface area contributed by atoms with Crippen LogP contribution in [-0.4, -0.2) is 61.6 Å². The summed E-state index contributed by atoms with van der Waals surface area (Å²) < 4.78 is 54.9. The van der Waals surface area contributed by atoms with Crippen LogP contribution in [0.2, 0.25) is 0 Å². The Hall–Kier alpha value is -4.03. The number of halogens is 3. The van der Waals surface area contributed by atoms with Gasteiger partial charge in [0.25, 0.3) is 0 Å². The van der Waals surface area contributed by atoms with Gasteiger partial charge in [0.1, 0.15) is 11.7 Å². The van der Waals surface area contributed by atoms with Crippen molar-refractivity contribution < 1.29 is 37.3 Å². The number of amides is 2. The van der Waals surface area contributed by atoms with Gasteiger partial charge < -0.3 is 19.5 Å². The number of carbonyl (C=O) groups excluding carboxylic acids is 1. The molecular weight excluding hydrogens is 555 g/mol. The maximum absolute atomic E-state index is 13.9. The average Bonchev–Trinajstić information content (AvgIpc) is 3.25. The Kier molecular flexibility index (Phi) is 7.71. The number of benzene rings is 1. The molecule has 2 aromatic heterocycles. The molecule has 0 radical (unpaired) electrons. The predicted octanol–water partition coefficient (Wildman–Crippen LogP) is 6.92. The van der Waals surface area contributed by atoms with Gasteiger partial charge in [-0.15, -0.1) is 0 Å². The van der Waals surface area contributed by atoms with Crippen LogP contribution in [0.5, 0.6) is 5.88 Å². The quantitative estimate of drug-likeness (QED) is 0.344. The zero-order chi connectivity index (χ0) is 30.4. The third-order valence-corrected chi connectivity index (χ3v) is 7.39. The molecule has 1 atom stereocenters. The number of carboxylic acid groups (broad SMARTS) is 1. The number of carbonyl (C=O) groups is 2. The van der Waals surface area contributed by atoms with E-state index < -0.39 is 35.6 Å². The summed E-state index contributed by atoms with van der Waals surface area (Å²) in [5, 5.41) is 14.0. The molecule has 5 rings (SSSR count). The van der Waals surface area contributed by atoms with Crippen LogP contribution in [-0.2, 0) is 10.9 Å². The standard InChI is InChI=1S/C29H34F3N5O5/c1-17-11-19(29(30,31)32)13-20(12-17)36(27(40)42-28(2,3)4)24-14-23(41-21-9-6-10-35(16-21)26(38)39)34-25-22(15-33-37(24)25)18-7-5-8-18/h11-15,18,21H,5-10,16H2,1-4H3,(H,38,39). The highest BCUT2D eigenvalue weighted by Crippen LogP contribution is 2.41. The van der Waals surface area contributed by atoms with E-state index in [-0.39, 0.29) is 29.8 Å². The second-order valence-electron chi connectivity index (χ2n) is 11.9. The Morgan fingerprint density at radius 1 is 1.07 bits per heavy atom. The van der Waals surface area contributed by atoms with Crippen LogP contribution in [0, 0.1) is 6.92 Å². The zero-order valence-electron chi connectivity index (χ0n) is 23.9. The molecule has 1 saturated carbocycles. The molecule has 2 amide bonds. The summed E-state index contributed by atoms with van der Waals surface area (Å²) in [6, 6.07) is 4.80. The number of hydrogen-bond acceptors (Lipinski definition) is 6. The van der Waals surface area contributed by atoms with E-state index in [0.717, 1.165) is 41.9 Å². The van der Waals surface area contributed by atoms with E-state index in [1.54, 1.807) is 27.0 Å². The molecule has 1 aliphatic heterocycles. The maximum Gasteiger partial charge on any atom is 0.420 e. The van der Waals surface area contributed by atoms with Gasteiger partial charge in [0.05, 0.1) is 24.0 Å². The van der Waals surface area contributed by atoms with Gasteiger partial charge in [-0.05, 0) is 83.1 Å². The molecule has 42 heavy (non-hydrogen) atoms. The molecule has 1 N–H and O–H groups in total. The number of alkyl halides is 3. The lowest BCUT2D eigenvalue weighted by Crippen LogP contribution is -2.43. The fourth-order valence-electron chi connectivity index (χ4n) is 5.24. The summed E-state index contributed by atoms with van der Waals surface area (Å²) in [5.74, 6) is 0.383. The van der Waals surface area contributed by atoms with Crippen molar-refractivity contribution >= 4 is 29.3 Å². The summed E-state index contributed by atoms with van der Waals surface area (Å²) in [7, 11) is 0. The summed E-state index contributed by atoms with van der Waals surface area (Å²) in [6.45, 7) is 7.03. The zero-order valence-corrected chi connectivity index (χ0v) is 23.9. The number of aryl methyl sites for hydroxylation is 1. The number of rotatable bonds is 5. The van der Waals surface area contributed by atoms with Gasteiger partial charge in [0.2, 0.25) is 5.88 Å². The van der Waals surface area contributed by atoms with E-state index in [1.807, 2.05) is 0 Å². The van der Waals surface area contributed by atoms with E-state index in [1.165, 1.54) is 28.5 Å². The first kappa shape index (κ1) is 29.5. The van der Waals surface area contributed by atoms with Crippen LogP contribution in [0.1, 0.15) is 75.5 Å². The highest BCUT2D eigenvalue weighted by Gasteiger charge is 2.35. The van der Waals surface area contributed by atoms with Gasteiger partial charge in [-0.1, -0.05) is 6.42 Å². The molecule has 13 heteroatoms. The van der Waals surface area contributed by atoms with E-state index in [2.05, 4.69) is 5.10 Å². The van der Waals surface area contributed by atoms with Crippen LogP contribution >= 0.6 is 0 Å². The van der Waals surface area contributed by atoms with Crippen LogP contribution < -0.4 is 9.64 Å². The van der Waals surface area contributed by atoms with Gasteiger partial charge in [-0.2, -0.15) is 27.8 Å². The molecule has 2 fully saturated rings. The van der Waals surface area contributed by atoms with Crippen LogP contribution in [0.25, 0.3) is 5.65 Å². The van der Waals surface area contributed by atoms with E-state index in [4.69, 9.17) is 14.5 Å². The Balaban J connectivity index is 1.67. The number of fused-ring (bicyclic) bond motifs is 1. The average molecular weight is 590 g/mol. The van der Waals surface area contributed by atoms with Gasteiger partial charge in [0, 0.05) is 18.2 Å². The summed E-state index contributed by atoms with van der Waals surface area (Å²) in [5.41, 5.74) is -0.392. The highest BCUT2D eigenvalue weighted by atomic mass is 19.4. The Morgan fingerprint density at radius 3 is 2.43 bits per heavy atom. The molecule has 1 aliphatic carbocycles. The predicted molar refractivity (Wildman–Crippen MR) is 147 cm³/mol. The first-order valence-corrected chi connectivity index (χ1v) is 13.9. The number of piperidine rings is 1. The van der Waals surface area contributed by atoms with Crippen molar-refractivity contribution in [1.29, 1.82) is 0 Å². The third kappa shape index (κ3) is 6.24. The smallest absolute Gasteiger partial charge is 0.420 e. The van der Waals surface area contributed by atoms with Crippen molar-refractivity contribution in [2.45, 2.75) is 83.6 Å². The molecule has 0 spiro atoms. The summed E-state index contributed by atoms with van der Waals surface area (Å²) >= 11 is 0. The lowest BCUT2D eigenvalue weighted by atomic mass is 9.81. The first-order valence-electron chi connectivity index (χ1n) is 13.9. The first-order chi connectivity index (χ1) is 19.7. The van der Waals surface area contributed by atoms with Crippen LogP contribution in [0.3, 0.4) is 0 Å². The van der Waals surface area contributed by atoms with Crippen molar-refractivity contribution in [3.8, 4) is 5.88 Å². The van der Waals surface area contributed by atoms with Crippen LogP contribution in [0.15, 0.2) is 30.5 Å². The Morgan fingerprint density at radius 2 is 1.81 bits per heavy atom. The van der Waals surface area contributed by atoms with Crippen LogP contribution in [0.4, 0.5) is 34.3 Å². The van der Waals surface area contributed by atoms with Gasteiger partial charge in [-0.3, -0.25) is 0 Å². The second kappa shape index (κ2) is 11.0. The lowest BCUT2D eigenvalue weighted by Gasteiger charge is -2.31. The monoisotopic (exact) mass is 589 g/mol. The fraction of sp³-hybridized carbons (Fsp3) is 0.517. The van der Waals surface area contributed by atoms with Crippen molar-refractivity contribution in [2.24, 2.45) is 0 Å². The topological polar surface area (TPSA) is 110 Å². The molecule has 1 unspecified atom stereocenters. The largest absolute Gasteiger partial charge is 0.472 e. The molecule has 0 bridgehead atoms. The number of ether oxygens (including phenoxy) is 2. The molecule has 3 heterocycles. The van der Waals surface area contributed by atoms with E-state index in [0.29, 0.717) is 30.6 Å². The minimum atomic E-state index is -4.65. The SMILES string of the molecule is Cc1cc(N(C(=O)OC(C)(C)C)c2cc(OC3CCCN(C(=O)O)C3)nc3c(C4CCC4)cnn23)cc(C(F)(F)F)c1. The molecule has 1 aromatic carbocycles. The normalized spacial score (nSPS) is 18.1. The minimum Gasteiger partial charge on any atom is -0.472 e. The van der Waals surface area contributed by atoms with E-state index in [9.17, 15) is 27.9 Å². The molecule has 1 saturated heterocycles. The van der Waals surface area contributed by atoms with Crippen molar-refractivity contribution in [3.05, 3.63) is 47.2 Å². The minimum absolute atomic E-state index is 0.0644. The maximum atomic E-state index is 13.9. The number of nitrogens with zero attached hydrogens (tertiary/aromatic N) is 5. The third-order valence-electron chi connectivity index (χ3n) is 7.39. The Labute approximate surface area is 241 Å². The Bertz CT molecular complexity index is 1500. The number of likely N-dealkylation sites (tertiary alicyclic amines) is 1. The fourth-order valence-corrected chi connectivity index (χ4v) is 5.24. The van der Waals surface area contributed by atoms with Gasteiger partial charge in [-0.25, -0.2) is 14.5 Å². The number of anilines is 2. The molecule has 3 aromatic rings. The molecular formula is C29H34F3N5O5. The van der Waals surface area contributed by atoms with E-state index >= 15 is 0 Å².